The van der Waals surface area contributed by atoms with Crippen molar-refractivity contribution in [2.75, 3.05) is 11.9 Å². The lowest BCUT2D eigenvalue weighted by atomic mass is 10.2. The van der Waals surface area contributed by atoms with E-state index < -0.39 is 24.0 Å². The number of H-pyrrole nitrogens is 1. The van der Waals surface area contributed by atoms with Crippen LogP contribution in [0.5, 0.6) is 0 Å². The van der Waals surface area contributed by atoms with Crippen LogP contribution in [0.3, 0.4) is 0 Å². The van der Waals surface area contributed by atoms with Crippen LogP contribution >= 0.6 is 23.2 Å². The van der Waals surface area contributed by atoms with Crippen LogP contribution in [0.25, 0.3) is 11.2 Å². The number of anilines is 2. The van der Waals surface area contributed by atoms with Gasteiger partial charge in [0.25, 0.3) is 5.56 Å². The second kappa shape index (κ2) is 7.10. The Morgan fingerprint density at radius 2 is 2.07 bits per heavy atom. The zero-order chi connectivity index (χ0) is 19.1. The first kappa shape index (κ1) is 18.2. The number of ether oxygens (including phenoxy) is 1. The molecule has 1 fully saturated rings. The minimum absolute atomic E-state index is 0.134. The van der Waals surface area contributed by atoms with Crippen molar-refractivity contribution in [3.63, 3.8) is 0 Å². The molecule has 1 aliphatic heterocycles. The zero-order valence-electron chi connectivity index (χ0n) is 13.8. The van der Waals surface area contributed by atoms with Crippen molar-refractivity contribution < 1.29 is 14.9 Å². The number of hydrogen-bond acceptors (Lipinski definition) is 7. The number of aromatic nitrogens is 4. The molecule has 1 saturated heterocycles. The Morgan fingerprint density at radius 3 is 2.74 bits per heavy atom. The summed E-state index contributed by atoms with van der Waals surface area (Å²) in [4.78, 5) is 23.4. The Bertz CT molecular complexity index is 1030. The third-order valence-electron chi connectivity index (χ3n) is 4.25. The molecule has 0 spiro atoms. The van der Waals surface area contributed by atoms with Crippen molar-refractivity contribution in [2.24, 2.45) is 0 Å². The summed E-state index contributed by atoms with van der Waals surface area (Å²) in [7, 11) is 0. The van der Waals surface area contributed by atoms with Crippen LogP contribution in [0.15, 0.2) is 29.3 Å². The molecular weight excluding hydrogens is 397 g/mol. The Hall–Kier alpha value is -2.17. The number of aromatic amines is 1. The number of benzene rings is 1. The van der Waals surface area contributed by atoms with Crippen molar-refractivity contribution in [3.8, 4) is 0 Å². The second-order valence-electron chi connectivity index (χ2n) is 6.14. The molecule has 0 bridgehead atoms. The number of rotatable bonds is 4. The average molecular weight is 412 g/mol. The van der Waals surface area contributed by atoms with Crippen LogP contribution in [0.1, 0.15) is 12.6 Å². The van der Waals surface area contributed by atoms with Crippen LogP contribution in [0.2, 0.25) is 10.0 Å². The Kier molecular flexibility index (Phi) is 4.79. The summed E-state index contributed by atoms with van der Waals surface area (Å²) in [5.41, 5.74) is 0.529. The number of hydrogen-bond donors (Lipinski definition) is 4. The molecule has 0 unspecified atom stereocenters. The molecule has 142 valence electrons. The fourth-order valence-corrected chi connectivity index (χ4v) is 3.54. The van der Waals surface area contributed by atoms with E-state index in [1.165, 1.54) is 6.33 Å². The first-order chi connectivity index (χ1) is 12.9. The molecule has 27 heavy (non-hydrogen) atoms. The fraction of sp³-hybridized carbons (Fsp3) is 0.312. The van der Waals surface area contributed by atoms with Gasteiger partial charge in [0.15, 0.2) is 11.2 Å². The van der Waals surface area contributed by atoms with Crippen LogP contribution < -0.4 is 10.9 Å². The summed E-state index contributed by atoms with van der Waals surface area (Å²) >= 11 is 12.0. The van der Waals surface area contributed by atoms with Crippen molar-refractivity contribution in [3.05, 3.63) is 44.9 Å². The molecule has 1 aromatic carbocycles. The molecular formula is C16H15Cl2N5O4. The lowest BCUT2D eigenvalue weighted by Crippen LogP contribution is -2.24. The number of fused-ring (bicyclic) bond motifs is 1. The van der Waals surface area contributed by atoms with Gasteiger partial charge in [0.2, 0.25) is 5.95 Å². The first-order valence-corrected chi connectivity index (χ1v) is 8.84. The minimum Gasteiger partial charge on any atom is -0.394 e. The highest BCUT2D eigenvalue weighted by atomic mass is 35.5. The number of halogens is 2. The lowest BCUT2D eigenvalue weighted by Gasteiger charge is -2.14. The number of imidazole rings is 1. The third-order valence-corrected chi connectivity index (χ3v) is 4.69. The third kappa shape index (κ3) is 3.52. The number of aliphatic hydroxyl groups excluding tert-OH is 2. The first-order valence-electron chi connectivity index (χ1n) is 8.09. The molecule has 0 amide bonds. The predicted octanol–water partition coefficient (Wildman–Crippen LogP) is 1.81. The van der Waals surface area contributed by atoms with E-state index in [2.05, 4.69) is 20.3 Å². The highest BCUT2D eigenvalue weighted by Crippen LogP contribution is 2.30. The van der Waals surface area contributed by atoms with Crippen molar-refractivity contribution in [2.45, 2.75) is 24.9 Å². The molecule has 4 N–H and O–H groups in total. The maximum atomic E-state index is 12.3. The fourth-order valence-electron chi connectivity index (χ4n) is 3.01. The van der Waals surface area contributed by atoms with Gasteiger partial charge < -0.3 is 20.3 Å². The van der Waals surface area contributed by atoms with Gasteiger partial charge in [-0.25, -0.2) is 4.98 Å². The van der Waals surface area contributed by atoms with E-state index in [1.54, 1.807) is 22.8 Å². The SMILES string of the molecule is O=c1[nH]c(Nc2cc(Cl)cc(Cl)c2)nc2c1ncn2[C@H]1C[C@H](O)[C@@H](CO)O1. The molecule has 0 saturated carbocycles. The van der Waals surface area contributed by atoms with Gasteiger partial charge >= 0.3 is 0 Å². The summed E-state index contributed by atoms with van der Waals surface area (Å²) in [6.07, 6.45) is -0.432. The van der Waals surface area contributed by atoms with E-state index in [9.17, 15) is 15.0 Å². The molecule has 3 aromatic rings. The van der Waals surface area contributed by atoms with Crippen LogP contribution in [-0.4, -0.2) is 48.5 Å². The van der Waals surface area contributed by atoms with E-state index in [1.807, 2.05) is 0 Å². The molecule has 0 radical (unpaired) electrons. The number of nitrogens with zero attached hydrogens (tertiary/aromatic N) is 3. The van der Waals surface area contributed by atoms with Crippen molar-refractivity contribution >= 4 is 46.0 Å². The molecule has 11 heteroatoms. The van der Waals surface area contributed by atoms with Gasteiger partial charge in [0, 0.05) is 22.2 Å². The van der Waals surface area contributed by atoms with E-state index in [0.29, 0.717) is 15.7 Å². The van der Waals surface area contributed by atoms with Crippen LogP contribution in [0.4, 0.5) is 11.6 Å². The molecule has 2 aromatic heterocycles. The van der Waals surface area contributed by atoms with Crippen LogP contribution in [0, 0.1) is 0 Å². The van der Waals surface area contributed by atoms with Crippen LogP contribution in [-0.2, 0) is 4.74 Å². The molecule has 3 atom stereocenters. The topological polar surface area (TPSA) is 125 Å². The highest BCUT2D eigenvalue weighted by Gasteiger charge is 2.35. The maximum Gasteiger partial charge on any atom is 0.280 e. The summed E-state index contributed by atoms with van der Waals surface area (Å²) in [6, 6.07) is 4.86. The number of aliphatic hydroxyl groups is 2. The van der Waals surface area contributed by atoms with Gasteiger partial charge in [-0.15, -0.1) is 0 Å². The van der Waals surface area contributed by atoms with E-state index in [-0.39, 0.29) is 30.1 Å². The quantitative estimate of drug-likeness (QED) is 0.515. The Morgan fingerprint density at radius 1 is 1.33 bits per heavy atom. The second-order valence-corrected chi connectivity index (χ2v) is 7.01. The van der Waals surface area contributed by atoms with Gasteiger partial charge in [-0.3, -0.25) is 14.3 Å². The van der Waals surface area contributed by atoms with E-state index >= 15 is 0 Å². The summed E-state index contributed by atoms with van der Waals surface area (Å²) < 4.78 is 7.18. The highest BCUT2D eigenvalue weighted by molar-refractivity contribution is 6.35. The monoisotopic (exact) mass is 411 g/mol. The van der Waals surface area contributed by atoms with E-state index in [4.69, 9.17) is 27.9 Å². The molecule has 1 aliphatic rings. The summed E-state index contributed by atoms with van der Waals surface area (Å²) in [6.45, 7) is -0.305. The maximum absolute atomic E-state index is 12.3. The standard InChI is InChI=1S/C16H15Cl2N5O4/c17-7-1-8(18)3-9(2-7)20-16-21-14-13(15(26)22-16)19-6-23(14)12-4-10(25)11(5-24)27-12/h1-3,6,10-12,24-25H,4-5H2,(H2,20,21,22,26)/t10-,11+,12+/m0/s1. The Balaban J connectivity index is 1.71. The predicted molar refractivity (Wildman–Crippen MR) is 99.5 cm³/mol. The molecule has 9 nitrogen and oxygen atoms in total. The van der Waals surface area contributed by atoms with Gasteiger partial charge in [0.05, 0.1) is 19.0 Å². The number of nitrogens with one attached hydrogen (secondary N) is 2. The largest absolute Gasteiger partial charge is 0.394 e. The van der Waals surface area contributed by atoms with Gasteiger partial charge in [-0.1, -0.05) is 23.2 Å². The summed E-state index contributed by atoms with van der Waals surface area (Å²) in [5.74, 6) is 0.171. The minimum atomic E-state index is -0.814. The molecule has 3 heterocycles. The van der Waals surface area contributed by atoms with Gasteiger partial charge in [-0.2, -0.15) is 4.98 Å². The molecule has 4 rings (SSSR count). The zero-order valence-corrected chi connectivity index (χ0v) is 15.3. The Labute approximate surface area is 162 Å². The summed E-state index contributed by atoms with van der Waals surface area (Å²) in [5, 5.41) is 23.0. The lowest BCUT2D eigenvalue weighted by molar-refractivity contribution is -0.0432. The molecule has 0 aliphatic carbocycles. The van der Waals surface area contributed by atoms with Crippen molar-refractivity contribution in [1.29, 1.82) is 0 Å². The normalized spacial score (nSPS) is 22.4. The smallest absolute Gasteiger partial charge is 0.280 e. The van der Waals surface area contributed by atoms with Gasteiger partial charge in [0.1, 0.15) is 12.3 Å². The van der Waals surface area contributed by atoms with E-state index in [0.717, 1.165) is 0 Å². The van der Waals surface area contributed by atoms with Crippen molar-refractivity contribution in [1.82, 2.24) is 19.5 Å². The van der Waals surface area contributed by atoms with Gasteiger partial charge in [-0.05, 0) is 18.2 Å². The average Bonchev–Trinajstić information content (AvgIpc) is 3.17.